The Hall–Kier alpha value is -1.66. The molecular weight excluding hydrogens is 276 g/mol. The summed E-state index contributed by atoms with van der Waals surface area (Å²) in [5, 5.41) is 0. The summed E-state index contributed by atoms with van der Waals surface area (Å²) in [6.07, 6.45) is -4.66. The van der Waals surface area contributed by atoms with Crippen molar-refractivity contribution in [1.29, 1.82) is 0 Å². The highest BCUT2D eigenvalue weighted by Crippen LogP contribution is 2.33. The van der Waals surface area contributed by atoms with Gasteiger partial charge in [-0.25, -0.2) is 4.39 Å². The first-order valence-electron chi connectivity index (χ1n) is 6.21. The third kappa shape index (κ3) is 4.47. The smallest absolute Gasteiger partial charge is 0.405 e. The van der Waals surface area contributed by atoms with Crippen molar-refractivity contribution in [2.75, 3.05) is 23.7 Å². The van der Waals surface area contributed by atoms with E-state index in [0.717, 1.165) is 11.0 Å². The van der Waals surface area contributed by atoms with Crippen LogP contribution in [0.25, 0.3) is 0 Å². The van der Waals surface area contributed by atoms with Crippen LogP contribution in [0, 0.1) is 5.82 Å². The molecule has 0 aliphatic carbocycles. The van der Waals surface area contributed by atoms with E-state index in [0.29, 0.717) is 0 Å². The molecule has 0 heterocycles. The van der Waals surface area contributed by atoms with Crippen molar-refractivity contribution >= 4 is 11.4 Å². The van der Waals surface area contributed by atoms with Crippen molar-refractivity contribution in [3.8, 4) is 5.75 Å². The van der Waals surface area contributed by atoms with Crippen LogP contribution in [0.15, 0.2) is 12.1 Å². The lowest BCUT2D eigenvalue weighted by atomic mass is 10.2. The van der Waals surface area contributed by atoms with Crippen molar-refractivity contribution in [3.63, 3.8) is 0 Å². The predicted octanol–water partition coefficient (Wildman–Crippen LogP) is 3.58. The first-order valence-corrected chi connectivity index (χ1v) is 6.21. The van der Waals surface area contributed by atoms with Crippen molar-refractivity contribution in [2.45, 2.75) is 33.1 Å². The fourth-order valence-corrected chi connectivity index (χ4v) is 1.76. The van der Waals surface area contributed by atoms with Gasteiger partial charge in [0, 0.05) is 18.7 Å². The van der Waals surface area contributed by atoms with Gasteiger partial charge in [-0.2, -0.15) is 13.2 Å². The molecule has 0 radical (unpaired) electrons. The number of nitrogens with two attached hydrogens (primary N) is 1. The average molecular weight is 294 g/mol. The minimum atomic E-state index is -4.37. The lowest BCUT2D eigenvalue weighted by molar-refractivity contribution is -0.119. The molecule has 0 saturated carbocycles. The third-order valence-electron chi connectivity index (χ3n) is 2.54. The Morgan fingerprint density at radius 3 is 2.35 bits per heavy atom. The van der Waals surface area contributed by atoms with E-state index in [-0.39, 0.29) is 29.8 Å². The number of halogens is 4. The minimum Gasteiger partial charge on any atom is -0.488 e. The van der Waals surface area contributed by atoms with E-state index in [1.807, 2.05) is 0 Å². The van der Waals surface area contributed by atoms with Gasteiger partial charge in [0.25, 0.3) is 0 Å². The number of hydrogen-bond donors (Lipinski definition) is 1. The standard InChI is InChI=1S/C13H18F4N2O/c1-4-19(7-13(15,16)17)11-6-12(20-8(2)3)9(14)5-10(11)18/h5-6,8H,4,7,18H2,1-3H3. The molecule has 114 valence electrons. The van der Waals surface area contributed by atoms with Crippen LogP contribution in [-0.2, 0) is 0 Å². The Morgan fingerprint density at radius 1 is 1.30 bits per heavy atom. The second-order valence-corrected chi connectivity index (χ2v) is 4.64. The average Bonchev–Trinajstić information content (AvgIpc) is 2.28. The van der Waals surface area contributed by atoms with Crippen LogP contribution in [0.1, 0.15) is 20.8 Å². The summed E-state index contributed by atoms with van der Waals surface area (Å²) in [5.41, 5.74) is 5.67. The summed E-state index contributed by atoms with van der Waals surface area (Å²) >= 11 is 0. The Balaban J connectivity index is 3.14. The topological polar surface area (TPSA) is 38.5 Å². The molecule has 0 unspecified atom stereocenters. The van der Waals surface area contributed by atoms with Crippen LogP contribution in [0.4, 0.5) is 28.9 Å². The van der Waals surface area contributed by atoms with Crippen LogP contribution in [0.5, 0.6) is 5.75 Å². The summed E-state index contributed by atoms with van der Waals surface area (Å²) in [6.45, 7) is 3.90. The molecule has 1 aromatic carbocycles. The Morgan fingerprint density at radius 2 is 1.90 bits per heavy atom. The van der Waals surface area contributed by atoms with Gasteiger partial charge in [0.05, 0.1) is 17.5 Å². The van der Waals surface area contributed by atoms with Crippen LogP contribution < -0.4 is 15.4 Å². The monoisotopic (exact) mass is 294 g/mol. The molecule has 1 aromatic rings. The van der Waals surface area contributed by atoms with E-state index in [2.05, 4.69) is 0 Å². The lowest BCUT2D eigenvalue weighted by Crippen LogP contribution is -2.34. The van der Waals surface area contributed by atoms with Crippen LogP contribution in [0.3, 0.4) is 0 Å². The molecular formula is C13H18F4N2O. The number of ether oxygens (including phenoxy) is 1. The molecule has 0 spiro atoms. The van der Waals surface area contributed by atoms with Gasteiger partial charge in [-0.3, -0.25) is 0 Å². The first-order chi connectivity index (χ1) is 9.14. The maximum absolute atomic E-state index is 13.7. The normalized spacial score (nSPS) is 11.8. The molecule has 0 bridgehead atoms. The molecule has 0 saturated heterocycles. The molecule has 2 N–H and O–H groups in total. The first kappa shape index (κ1) is 16.4. The highest BCUT2D eigenvalue weighted by atomic mass is 19.4. The second-order valence-electron chi connectivity index (χ2n) is 4.64. The quantitative estimate of drug-likeness (QED) is 0.666. The number of alkyl halides is 3. The molecule has 7 heteroatoms. The maximum Gasteiger partial charge on any atom is 0.405 e. The van der Waals surface area contributed by atoms with Crippen molar-refractivity contribution in [2.24, 2.45) is 0 Å². The van der Waals surface area contributed by atoms with E-state index in [9.17, 15) is 17.6 Å². The summed E-state index contributed by atoms with van der Waals surface area (Å²) in [5.74, 6) is -0.798. The molecule has 0 fully saturated rings. The fourth-order valence-electron chi connectivity index (χ4n) is 1.76. The van der Waals surface area contributed by atoms with Crippen LogP contribution in [-0.4, -0.2) is 25.4 Å². The van der Waals surface area contributed by atoms with E-state index < -0.39 is 18.5 Å². The molecule has 1 rings (SSSR count). The summed E-state index contributed by atoms with van der Waals surface area (Å²) in [6, 6.07) is 2.19. The molecule has 0 aliphatic heterocycles. The minimum absolute atomic E-state index is 0.0512. The molecule has 0 aromatic heterocycles. The number of hydrogen-bond acceptors (Lipinski definition) is 3. The van der Waals surface area contributed by atoms with Gasteiger partial charge >= 0.3 is 6.18 Å². The van der Waals surface area contributed by atoms with E-state index >= 15 is 0 Å². The summed E-state index contributed by atoms with van der Waals surface area (Å²) in [4.78, 5) is 1.03. The lowest BCUT2D eigenvalue weighted by Gasteiger charge is -2.26. The zero-order valence-corrected chi connectivity index (χ0v) is 11.6. The van der Waals surface area contributed by atoms with E-state index in [4.69, 9.17) is 10.5 Å². The van der Waals surface area contributed by atoms with Gasteiger partial charge in [0.2, 0.25) is 0 Å². The largest absolute Gasteiger partial charge is 0.488 e. The predicted molar refractivity (Wildman–Crippen MR) is 70.5 cm³/mol. The Labute approximate surface area is 115 Å². The number of benzene rings is 1. The van der Waals surface area contributed by atoms with Gasteiger partial charge in [-0.1, -0.05) is 0 Å². The third-order valence-corrected chi connectivity index (χ3v) is 2.54. The van der Waals surface area contributed by atoms with Gasteiger partial charge in [-0.15, -0.1) is 0 Å². The SMILES string of the molecule is CCN(CC(F)(F)F)c1cc(OC(C)C)c(F)cc1N. The van der Waals surface area contributed by atoms with Crippen molar-refractivity contribution < 1.29 is 22.3 Å². The highest BCUT2D eigenvalue weighted by molar-refractivity contribution is 5.70. The van der Waals surface area contributed by atoms with Crippen molar-refractivity contribution in [1.82, 2.24) is 0 Å². The van der Waals surface area contributed by atoms with E-state index in [1.165, 1.54) is 6.07 Å². The van der Waals surface area contributed by atoms with E-state index in [1.54, 1.807) is 20.8 Å². The highest BCUT2D eigenvalue weighted by Gasteiger charge is 2.31. The number of nitrogen functional groups attached to an aromatic ring is 1. The number of nitrogens with zero attached hydrogens (tertiary/aromatic N) is 1. The summed E-state index contributed by atoms with van der Waals surface area (Å²) < 4.78 is 56.4. The molecule has 0 amide bonds. The van der Waals surface area contributed by atoms with Crippen LogP contribution >= 0.6 is 0 Å². The zero-order chi connectivity index (χ0) is 15.5. The second kappa shape index (κ2) is 6.19. The zero-order valence-electron chi connectivity index (χ0n) is 11.6. The molecule has 3 nitrogen and oxygen atoms in total. The Kier molecular flexibility index (Phi) is 5.08. The van der Waals surface area contributed by atoms with Gasteiger partial charge < -0.3 is 15.4 Å². The van der Waals surface area contributed by atoms with Gasteiger partial charge in [0.15, 0.2) is 11.6 Å². The molecule has 0 aliphatic rings. The molecule has 0 atom stereocenters. The summed E-state index contributed by atoms with van der Waals surface area (Å²) in [7, 11) is 0. The van der Waals surface area contributed by atoms with Gasteiger partial charge in [-0.05, 0) is 20.8 Å². The number of rotatable bonds is 5. The van der Waals surface area contributed by atoms with Crippen LogP contribution in [0.2, 0.25) is 0 Å². The Bertz CT molecular complexity index is 460. The van der Waals surface area contributed by atoms with Gasteiger partial charge in [0.1, 0.15) is 6.54 Å². The fraction of sp³-hybridized carbons (Fsp3) is 0.538. The van der Waals surface area contributed by atoms with Crippen molar-refractivity contribution in [3.05, 3.63) is 17.9 Å². The maximum atomic E-state index is 13.7. The molecule has 20 heavy (non-hydrogen) atoms. The number of anilines is 2.